The number of nitrogens with zero attached hydrogens (tertiary/aromatic N) is 2. The van der Waals surface area contributed by atoms with Gasteiger partial charge in [0.1, 0.15) is 12.4 Å². The second-order valence-electron chi connectivity index (χ2n) is 7.72. The monoisotopic (exact) mass is 359 g/mol. The van der Waals surface area contributed by atoms with Gasteiger partial charge in [0.2, 0.25) is 5.91 Å². The molecule has 1 aromatic rings. The zero-order valence-electron chi connectivity index (χ0n) is 16.0. The Morgan fingerprint density at radius 2 is 1.77 bits per heavy atom. The first-order chi connectivity index (χ1) is 12.7. The Morgan fingerprint density at radius 3 is 2.50 bits per heavy atom. The summed E-state index contributed by atoms with van der Waals surface area (Å²) < 4.78 is 5.78. The highest BCUT2D eigenvalue weighted by Gasteiger charge is 2.24. The van der Waals surface area contributed by atoms with Gasteiger partial charge in [-0.2, -0.15) is 0 Å². The summed E-state index contributed by atoms with van der Waals surface area (Å²) in [6.45, 7) is 8.38. The Labute approximate surface area is 157 Å². The van der Waals surface area contributed by atoms with E-state index in [1.54, 1.807) is 0 Å². The highest BCUT2D eigenvalue weighted by molar-refractivity contribution is 5.78. The molecule has 2 fully saturated rings. The van der Waals surface area contributed by atoms with E-state index in [1.165, 1.54) is 19.3 Å². The van der Waals surface area contributed by atoms with Gasteiger partial charge in [0.25, 0.3) is 0 Å². The van der Waals surface area contributed by atoms with Crippen LogP contribution >= 0.6 is 0 Å². The van der Waals surface area contributed by atoms with Crippen LogP contribution in [-0.4, -0.2) is 67.6 Å². The molecule has 1 aliphatic carbocycles. The number of benzene rings is 1. The lowest BCUT2D eigenvalue weighted by atomic mass is 9.86. The highest BCUT2D eigenvalue weighted by atomic mass is 16.5. The molecule has 2 atom stereocenters. The fourth-order valence-corrected chi connectivity index (χ4v) is 3.97. The van der Waals surface area contributed by atoms with Gasteiger partial charge in [-0.25, -0.2) is 0 Å². The molecule has 1 saturated heterocycles. The lowest BCUT2D eigenvalue weighted by Gasteiger charge is -2.35. The number of nitrogens with one attached hydrogen (secondary N) is 1. The molecule has 0 spiro atoms. The molecule has 0 unspecified atom stereocenters. The van der Waals surface area contributed by atoms with E-state index in [4.69, 9.17) is 4.74 Å². The van der Waals surface area contributed by atoms with Gasteiger partial charge in [-0.15, -0.1) is 0 Å². The van der Waals surface area contributed by atoms with Crippen molar-refractivity contribution in [3.63, 3.8) is 0 Å². The van der Waals surface area contributed by atoms with E-state index < -0.39 is 0 Å². The Balaban J connectivity index is 1.30. The molecule has 1 aromatic carbocycles. The standard InChI is InChI=1S/C21H33N3O2/c1-18-7-5-6-10-20(18)22-21(25)17-24-13-11-23(12-14-24)15-16-26-19-8-3-2-4-9-19/h2-4,8-9,18,20H,5-7,10-17H2,1H3,(H,22,25)/t18-,20+/m1/s1. The first kappa shape index (κ1) is 19.2. The lowest BCUT2D eigenvalue weighted by Crippen LogP contribution is -2.51. The van der Waals surface area contributed by atoms with Crippen molar-refractivity contribution in [2.24, 2.45) is 5.92 Å². The van der Waals surface area contributed by atoms with Crippen molar-refractivity contribution in [2.45, 2.75) is 38.6 Å². The number of hydrogen-bond acceptors (Lipinski definition) is 4. The molecule has 0 bridgehead atoms. The summed E-state index contributed by atoms with van der Waals surface area (Å²) in [4.78, 5) is 17.0. The number of ether oxygens (including phenoxy) is 1. The maximum Gasteiger partial charge on any atom is 0.234 e. The van der Waals surface area contributed by atoms with Crippen LogP contribution in [-0.2, 0) is 4.79 Å². The van der Waals surface area contributed by atoms with E-state index in [1.807, 2.05) is 30.3 Å². The maximum atomic E-state index is 12.3. The van der Waals surface area contributed by atoms with E-state index in [2.05, 4.69) is 22.0 Å². The van der Waals surface area contributed by atoms with Crippen molar-refractivity contribution in [1.29, 1.82) is 0 Å². The van der Waals surface area contributed by atoms with Crippen LogP contribution in [0.15, 0.2) is 30.3 Å². The Hall–Kier alpha value is -1.59. The van der Waals surface area contributed by atoms with Crippen LogP contribution in [0.3, 0.4) is 0 Å². The lowest BCUT2D eigenvalue weighted by molar-refractivity contribution is -0.124. The average Bonchev–Trinajstić information content (AvgIpc) is 2.66. The third kappa shape index (κ3) is 5.99. The number of rotatable bonds is 7. The Kier molecular flexibility index (Phi) is 7.32. The first-order valence-corrected chi connectivity index (χ1v) is 10.1. The molecule has 2 aliphatic rings. The quantitative estimate of drug-likeness (QED) is 0.812. The largest absolute Gasteiger partial charge is 0.492 e. The molecule has 0 aromatic heterocycles. The van der Waals surface area contributed by atoms with Gasteiger partial charge in [-0.3, -0.25) is 14.6 Å². The summed E-state index contributed by atoms with van der Waals surface area (Å²) in [5, 5.41) is 3.27. The first-order valence-electron chi connectivity index (χ1n) is 10.1. The SMILES string of the molecule is C[C@@H]1CCCC[C@@H]1NC(=O)CN1CCN(CCOc2ccccc2)CC1. The van der Waals surface area contributed by atoms with Crippen molar-refractivity contribution >= 4 is 5.91 Å². The predicted octanol–water partition coefficient (Wildman–Crippen LogP) is 2.38. The molecule has 3 rings (SSSR count). The molecule has 0 radical (unpaired) electrons. The van der Waals surface area contributed by atoms with E-state index in [-0.39, 0.29) is 5.91 Å². The second kappa shape index (κ2) is 9.93. The van der Waals surface area contributed by atoms with Gasteiger partial charge in [0, 0.05) is 38.8 Å². The molecule has 5 heteroatoms. The van der Waals surface area contributed by atoms with Gasteiger partial charge in [-0.1, -0.05) is 38.0 Å². The zero-order valence-corrected chi connectivity index (χ0v) is 16.0. The highest BCUT2D eigenvalue weighted by Crippen LogP contribution is 2.23. The smallest absolute Gasteiger partial charge is 0.234 e. The molecule has 1 N–H and O–H groups in total. The molecule has 5 nitrogen and oxygen atoms in total. The van der Waals surface area contributed by atoms with Gasteiger partial charge < -0.3 is 10.1 Å². The Bertz CT molecular complexity index is 543. The van der Waals surface area contributed by atoms with E-state index in [0.29, 0.717) is 25.1 Å². The Morgan fingerprint density at radius 1 is 1.08 bits per heavy atom. The number of carbonyl (C=O) groups is 1. The number of carbonyl (C=O) groups excluding carboxylic acids is 1. The zero-order chi connectivity index (χ0) is 18.2. The fourth-order valence-electron chi connectivity index (χ4n) is 3.97. The van der Waals surface area contributed by atoms with Crippen LogP contribution < -0.4 is 10.1 Å². The van der Waals surface area contributed by atoms with Gasteiger partial charge in [0.15, 0.2) is 0 Å². The maximum absolute atomic E-state index is 12.3. The number of piperazine rings is 1. The van der Waals surface area contributed by atoms with E-state index in [0.717, 1.165) is 44.9 Å². The van der Waals surface area contributed by atoms with Crippen molar-refractivity contribution < 1.29 is 9.53 Å². The fraction of sp³-hybridized carbons (Fsp3) is 0.667. The topological polar surface area (TPSA) is 44.8 Å². The summed E-state index contributed by atoms with van der Waals surface area (Å²) in [6.07, 6.45) is 4.94. The molecule has 144 valence electrons. The minimum absolute atomic E-state index is 0.199. The summed E-state index contributed by atoms with van der Waals surface area (Å²) in [5.41, 5.74) is 0. The molecule has 1 heterocycles. The van der Waals surface area contributed by atoms with Crippen LogP contribution in [0.25, 0.3) is 0 Å². The van der Waals surface area contributed by atoms with Gasteiger partial charge in [-0.05, 0) is 30.9 Å². The summed E-state index contributed by atoms with van der Waals surface area (Å²) in [5.74, 6) is 1.75. The minimum atomic E-state index is 0.199. The third-order valence-electron chi connectivity index (χ3n) is 5.71. The van der Waals surface area contributed by atoms with Crippen LogP contribution in [0.2, 0.25) is 0 Å². The van der Waals surface area contributed by atoms with Crippen molar-refractivity contribution in [2.75, 3.05) is 45.9 Å². The average molecular weight is 360 g/mol. The summed E-state index contributed by atoms with van der Waals surface area (Å²) in [6, 6.07) is 10.3. The molecular weight excluding hydrogens is 326 g/mol. The van der Waals surface area contributed by atoms with E-state index >= 15 is 0 Å². The molecule has 1 saturated carbocycles. The molecular formula is C21H33N3O2. The number of hydrogen-bond donors (Lipinski definition) is 1. The summed E-state index contributed by atoms with van der Waals surface area (Å²) >= 11 is 0. The third-order valence-corrected chi connectivity index (χ3v) is 5.71. The van der Waals surface area contributed by atoms with Crippen LogP contribution in [0.4, 0.5) is 0 Å². The number of para-hydroxylation sites is 1. The predicted molar refractivity (Wildman–Crippen MR) is 104 cm³/mol. The van der Waals surface area contributed by atoms with Crippen LogP contribution in [0.1, 0.15) is 32.6 Å². The van der Waals surface area contributed by atoms with Crippen LogP contribution in [0.5, 0.6) is 5.75 Å². The molecule has 1 aliphatic heterocycles. The number of amides is 1. The summed E-state index contributed by atoms with van der Waals surface area (Å²) in [7, 11) is 0. The molecule has 26 heavy (non-hydrogen) atoms. The normalized spacial score (nSPS) is 25.0. The molecule has 1 amide bonds. The van der Waals surface area contributed by atoms with Crippen molar-refractivity contribution in [3.8, 4) is 5.75 Å². The van der Waals surface area contributed by atoms with Gasteiger partial charge in [0.05, 0.1) is 6.54 Å². The van der Waals surface area contributed by atoms with Crippen LogP contribution in [0, 0.1) is 5.92 Å². The van der Waals surface area contributed by atoms with Crippen molar-refractivity contribution in [1.82, 2.24) is 15.1 Å². The second-order valence-corrected chi connectivity index (χ2v) is 7.72. The van der Waals surface area contributed by atoms with E-state index in [9.17, 15) is 4.79 Å². The van der Waals surface area contributed by atoms with Crippen molar-refractivity contribution in [3.05, 3.63) is 30.3 Å². The minimum Gasteiger partial charge on any atom is -0.492 e. The van der Waals surface area contributed by atoms with Gasteiger partial charge >= 0.3 is 0 Å².